The molecule has 0 spiro atoms. The average molecular weight is 549 g/mol. The van der Waals surface area contributed by atoms with Crippen molar-refractivity contribution in [3.05, 3.63) is 103 Å². The van der Waals surface area contributed by atoms with Crippen molar-refractivity contribution in [2.75, 3.05) is 0 Å². The minimum atomic E-state index is -3.91. The van der Waals surface area contributed by atoms with E-state index in [1.54, 1.807) is 60.7 Å². The zero-order valence-corrected chi connectivity index (χ0v) is 22.6. The van der Waals surface area contributed by atoms with Gasteiger partial charge >= 0.3 is 0 Å². The quantitative estimate of drug-likeness (QED) is 0.293. The van der Waals surface area contributed by atoms with Gasteiger partial charge in [0.05, 0.1) is 20.3 Å². The summed E-state index contributed by atoms with van der Waals surface area (Å²) in [6.07, 6.45) is 6.16. The second-order valence-electron chi connectivity index (χ2n) is 10.8. The minimum absolute atomic E-state index is 0.142. The van der Waals surface area contributed by atoms with Crippen molar-refractivity contribution in [2.24, 2.45) is 29.6 Å². The first-order valence-corrected chi connectivity index (χ1v) is 16.8. The molecule has 8 unspecified atom stereocenters. The predicted octanol–water partition coefficient (Wildman–Crippen LogP) is 5.67. The fourth-order valence-electron chi connectivity index (χ4n) is 8.16. The molecule has 0 aliphatic heterocycles. The van der Waals surface area contributed by atoms with Crippen LogP contribution in [0.1, 0.15) is 12.8 Å². The maximum Gasteiger partial charge on any atom is 0.182 e. The second kappa shape index (κ2) is 8.32. The van der Waals surface area contributed by atoms with Gasteiger partial charge in [-0.05, 0) is 78.8 Å². The number of hydrogen-bond donors (Lipinski definition) is 0. The summed E-state index contributed by atoms with van der Waals surface area (Å²) in [6, 6.07) is 27.1. The summed E-state index contributed by atoms with van der Waals surface area (Å²) in [5.74, 6) is 0.237. The van der Waals surface area contributed by atoms with E-state index in [-0.39, 0.29) is 38.2 Å². The Kier molecular flexibility index (Phi) is 5.34. The molecule has 190 valence electrons. The average Bonchev–Trinajstić information content (AvgIpc) is 3.69. The van der Waals surface area contributed by atoms with Gasteiger partial charge < -0.3 is 0 Å². The summed E-state index contributed by atoms with van der Waals surface area (Å²) in [5.41, 5.74) is 0. The molecule has 7 heteroatoms. The van der Waals surface area contributed by atoms with Crippen LogP contribution in [0.15, 0.2) is 118 Å². The Morgan fingerprint density at radius 2 is 1.19 bits per heavy atom. The molecular formula is C30H28O4S3. The first-order chi connectivity index (χ1) is 17.8. The first kappa shape index (κ1) is 23.7. The second-order valence-corrected chi connectivity index (χ2v) is 16.4. The third-order valence-electron chi connectivity index (χ3n) is 9.29. The van der Waals surface area contributed by atoms with E-state index in [2.05, 4.69) is 24.3 Å². The van der Waals surface area contributed by atoms with Crippen LogP contribution in [0.5, 0.6) is 0 Å². The van der Waals surface area contributed by atoms with Crippen molar-refractivity contribution in [1.29, 1.82) is 0 Å². The molecule has 0 heterocycles. The van der Waals surface area contributed by atoms with Gasteiger partial charge in [-0.1, -0.05) is 66.7 Å². The molecular weight excluding hydrogens is 521 g/mol. The minimum Gasteiger partial charge on any atom is -0.223 e. The van der Waals surface area contributed by atoms with Gasteiger partial charge in [0.15, 0.2) is 19.7 Å². The molecule has 0 amide bonds. The van der Waals surface area contributed by atoms with E-state index in [9.17, 15) is 16.8 Å². The monoisotopic (exact) mass is 548 g/mol. The van der Waals surface area contributed by atoms with Gasteiger partial charge in [0.2, 0.25) is 0 Å². The molecule has 4 aliphatic rings. The zero-order chi connectivity index (χ0) is 25.4. The highest BCUT2D eigenvalue weighted by Crippen LogP contribution is 2.75. The SMILES string of the molecule is O=S(=O)(c1ccccc1)C1C2CC(C1S(=O)(=O)c1ccccc1)C1(Sc3ccccc3)C3C=CC(C3)C21. The normalized spacial score (nSPS) is 35.6. The van der Waals surface area contributed by atoms with Crippen molar-refractivity contribution in [3.8, 4) is 0 Å². The van der Waals surface area contributed by atoms with Crippen LogP contribution in [0.2, 0.25) is 0 Å². The molecule has 7 rings (SSSR count). The molecule has 4 aliphatic carbocycles. The zero-order valence-electron chi connectivity index (χ0n) is 20.1. The Morgan fingerprint density at radius 1 is 0.649 bits per heavy atom. The molecule has 8 atom stereocenters. The van der Waals surface area contributed by atoms with E-state index in [4.69, 9.17) is 0 Å². The Morgan fingerprint density at radius 3 is 1.78 bits per heavy atom. The molecule has 0 radical (unpaired) electrons. The fourth-order valence-corrected chi connectivity index (χ4v) is 15.3. The molecule has 4 bridgehead atoms. The first-order valence-electron chi connectivity index (χ1n) is 12.9. The van der Waals surface area contributed by atoms with Crippen LogP contribution < -0.4 is 0 Å². The van der Waals surface area contributed by atoms with Gasteiger partial charge in [-0.15, -0.1) is 11.8 Å². The number of sulfone groups is 2. The van der Waals surface area contributed by atoms with Gasteiger partial charge in [-0.2, -0.15) is 0 Å². The molecule has 37 heavy (non-hydrogen) atoms. The predicted molar refractivity (Wildman–Crippen MR) is 146 cm³/mol. The van der Waals surface area contributed by atoms with Crippen LogP contribution in [0.25, 0.3) is 0 Å². The molecule has 0 saturated heterocycles. The summed E-state index contributed by atoms with van der Waals surface area (Å²) in [5, 5.41) is -1.93. The third kappa shape index (κ3) is 3.26. The van der Waals surface area contributed by atoms with Crippen molar-refractivity contribution in [1.82, 2.24) is 0 Å². The summed E-state index contributed by atoms with van der Waals surface area (Å²) in [4.78, 5) is 1.57. The lowest BCUT2D eigenvalue weighted by molar-refractivity contribution is 0.242. The summed E-state index contributed by atoms with van der Waals surface area (Å²) in [7, 11) is -7.79. The molecule has 3 saturated carbocycles. The van der Waals surface area contributed by atoms with Crippen molar-refractivity contribution >= 4 is 31.4 Å². The van der Waals surface area contributed by atoms with Crippen molar-refractivity contribution < 1.29 is 16.8 Å². The van der Waals surface area contributed by atoms with Crippen LogP contribution in [0, 0.1) is 29.6 Å². The largest absolute Gasteiger partial charge is 0.223 e. The number of rotatable bonds is 6. The van der Waals surface area contributed by atoms with E-state index in [1.165, 1.54) is 0 Å². The highest BCUT2D eigenvalue weighted by Gasteiger charge is 2.77. The summed E-state index contributed by atoms with van der Waals surface area (Å²) in [6.45, 7) is 0. The van der Waals surface area contributed by atoms with E-state index >= 15 is 0 Å². The fraction of sp³-hybridized carbons (Fsp3) is 0.333. The van der Waals surface area contributed by atoms with Crippen molar-refractivity contribution in [3.63, 3.8) is 0 Å². The van der Waals surface area contributed by atoms with Gasteiger partial charge in [0.1, 0.15) is 0 Å². The van der Waals surface area contributed by atoms with Gasteiger partial charge in [-0.25, -0.2) is 16.8 Å². The van der Waals surface area contributed by atoms with E-state index in [1.807, 2.05) is 30.0 Å². The topological polar surface area (TPSA) is 68.3 Å². The molecule has 3 aromatic carbocycles. The molecule has 3 aromatic rings. The third-order valence-corrected chi connectivity index (χ3v) is 15.8. The Bertz CT molecular complexity index is 1570. The Balaban J connectivity index is 1.43. The molecule has 4 nitrogen and oxygen atoms in total. The van der Waals surface area contributed by atoms with Crippen LogP contribution in [0.4, 0.5) is 0 Å². The van der Waals surface area contributed by atoms with E-state index in [0.29, 0.717) is 12.3 Å². The number of hydrogen-bond acceptors (Lipinski definition) is 5. The van der Waals surface area contributed by atoms with Gasteiger partial charge in [0, 0.05) is 9.64 Å². The van der Waals surface area contributed by atoms with Crippen LogP contribution >= 0.6 is 11.8 Å². The standard InChI is InChI=1S/C30H28O4S3/c31-36(32,23-12-6-2-7-13-23)28-25-19-26(29(28)37(33,34)24-14-8-3-9-15-24)30(35-22-10-4-1-5-11-22)21-17-16-20(18-21)27(25)30/h1-17,20-21,25-29H,18-19H2. The van der Waals surface area contributed by atoms with Crippen LogP contribution in [-0.4, -0.2) is 32.1 Å². The summed E-state index contributed by atoms with van der Waals surface area (Å²) >= 11 is 1.81. The maximum atomic E-state index is 14.4. The lowest BCUT2D eigenvalue weighted by Crippen LogP contribution is -2.58. The number of allylic oxidation sites excluding steroid dienone is 2. The lowest BCUT2D eigenvalue weighted by atomic mass is 9.72. The number of benzene rings is 3. The summed E-state index contributed by atoms with van der Waals surface area (Å²) < 4.78 is 57.1. The van der Waals surface area contributed by atoms with Crippen LogP contribution in [-0.2, 0) is 19.7 Å². The van der Waals surface area contributed by atoms with Crippen molar-refractivity contribution in [2.45, 2.75) is 42.8 Å². The van der Waals surface area contributed by atoms with E-state index < -0.39 is 30.2 Å². The highest BCUT2D eigenvalue weighted by molar-refractivity contribution is 8.01. The molecule has 3 fully saturated rings. The van der Waals surface area contributed by atoms with Gasteiger partial charge in [-0.3, -0.25) is 0 Å². The number of fused-ring (bicyclic) bond motifs is 9. The smallest absolute Gasteiger partial charge is 0.182 e. The molecule has 0 aromatic heterocycles. The maximum absolute atomic E-state index is 14.4. The number of thioether (sulfide) groups is 1. The van der Waals surface area contributed by atoms with E-state index in [0.717, 1.165) is 11.3 Å². The Labute approximate surface area is 223 Å². The Hall–Kier alpha value is -2.35. The van der Waals surface area contributed by atoms with Gasteiger partial charge in [0.25, 0.3) is 0 Å². The highest BCUT2D eigenvalue weighted by atomic mass is 32.2. The van der Waals surface area contributed by atoms with Crippen LogP contribution in [0.3, 0.4) is 0 Å². The molecule has 0 N–H and O–H groups in total. The lowest BCUT2D eigenvalue weighted by Gasteiger charge is -2.49.